The Kier molecular flexibility index (Phi) is 5.00. The number of anilines is 2. The molecule has 0 unspecified atom stereocenters. The number of ether oxygens (including phenoxy) is 1. The third kappa shape index (κ3) is 3.64. The normalized spacial score (nSPS) is 18.4. The summed E-state index contributed by atoms with van der Waals surface area (Å²) in [6, 6.07) is 13.7. The Bertz CT molecular complexity index is 735. The first-order valence-electron chi connectivity index (χ1n) is 9.72. The van der Waals surface area contributed by atoms with Crippen LogP contribution in [0.15, 0.2) is 42.5 Å². The Labute approximate surface area is 155 Å². The lowest BCUT2D eigenvalue weighted by molar-refractivity contribution is 0.170. The summed E-state index contributed by atoms with van der Waals surface area (Å²) in [5, 5.41) is 0. The van der Waals surface area contributed by atoms with E-state index in [2.05, 4.69) is 15.9 Å². The molecule has 0 saturated carbocycles. The number of hydrogen-bond acceptors (Lipinski definition) is 3. The van der Waals surface area contributed by atoms with Gasteiger partial charge in [-0.1, -0.05) is 18.2 Å². The molecule has 2 fully saturated rings. The van der Waals surface area contributed by atoms with Crippen molar-refractivity contribution in [2.75, 3.05) is 36.0 Å². The van der Waals surface area contributed by atoms with Gasteiger partial charge < -0.3 is 14.5 Å². The highest BCUT2D eigenvalue weighted by atomic mass is 19.1. The van der Waals surface area contributed by atoms with Gasteiger partial charge in [0.1, 0.15) is 17.7 Å². The van der Waals surface area contributed by atoms with Crippen molar-refractivity contribution in [3.63, 3.8) is 0 Å². The maximum Gasteiger partial charge on any atom is 0.146 e. The van der Waals surface area contributed by atoms with Gasteiger partial charge in [0.15, 0.2) is 0 Å². The highest BCUT2D eigenvalue weighted by molar-refractivity contribution is 5.64. The molecule has 2 heterocycles. The average molecular weight is 354 g/mol. The third-order valence-corrected chi connectivity index (χ3v) is 5.54. The summed E-state index contributed by atoms with van der Waals surface area (Å²) >= 11 is 0. The molecule has 0 radical (unpaired) electrons. The molecule has 0 N–H and O–H groups in total. The Balaban J connectivity index is 1.44. The van der Waals surface area contributed by atoms with E-state index in [9.17, 15) is 4.39 Å². The zero-order valence-electron chi connectivity index (χ0n) is 15.5. The van der Waals surface area contributed by atoms with Crippen molar-refractivity contribution in [1.82, 2.24) is 0 Å². The molecule has 0 bridgehead atoms. The molecule has 2 aromatic rings. The fraction of sp³-hybridized carbons (Fsp3) is 0.455. The molecule has 2 aromatic carbocycles. The first-order chi connectivity index (χ1) is 12.7. The molecule has 4 rings (SSSR count). The second-order valence-corrected chi connectivity index (χ2v) is 7.40. The van der Waals surface area contributed by atoms with Crippen LogP contribution in [0, 0.1) is 12.7 Å². The standard InChI is InChI=1S/C22H27FN2O/c1-17-15-20(23)22(16-21(17)24-11-5-6-12-24)25-13-9-19(10-14-25)26-18-7-3-2-4-8-18/h2-4,7-8,15-16,19H,5-6,9-14H2,1H3. The van der Waals surface area contributed by atoms with Crippen molar-refractivity contribution in [3.05, 3.63) is 53.8 Å². The molecule has 3 nitrogen and oxygen atoms in total. The molecule has 2 aliphatic heterocycles. The smallest absolute Gasteiger partial charge is 0.146 e. The first kappa shape index (κ1) is 17.2. The van der Waals surface area contributed by atoms with Crippen LogP contribution in [0.3, 0.4) is 0 Å². The van der Waals surface area contributed by atoms with Gasteiger partial charge in [-0.2, -0.15) is 0 Å². The van der Waals surface area contributed by atoms with Crippen molar-refractivity contribution in [3.8, 4) is 5.75 Å². The molecule has 2 aliphatic rings. The van der Waals surface area contributed by atoms with E-state index in [1.807, 2.05) is 37.3 Å². The van der Waals surface area contributed by atoms with E-state index in [1.165, 1.54) is 18.5 Å². The van der Waals surface area contributed by atoms with Crippen molar-refractivity contribution in [1.29, 1.82) is 0 Å². The van der Waals surface area contributed by atoms with E-state index in [4.69, 9.17) is 4.74 Å². The number of rotatable bonds is 4. The fourth-order valence-electron chi connectivity index (χ4n) is 4.10. The Morgan fingerprint density at radius 2 is 1.54 bits per heavy atom. The Hall–Kier alpha value is -2.23. The van der Waals surface area contributed by atoms with Gasteiger partial charge in [0.25, 0.3) is 0 Å². The molecule has 4 heteroatoms. The van der Waals surface area contributed by atoms with Crippen LogP contribution in [-0.4, -0.2) is 32.3 Å². The minimum Gasteiger partial charge on any atom is -0.490 e. The summed E-state index contributed by atoms with van der Waals surface area (Å²) in [6.07, 6.45) is 4.51. The second kappa shape index (κ2) is 7.56. The molecule has 138 valence electrons. The Morgan fingerprint density at radius 1 is 0.885 bits per heavy atom. The molecule has 0 spiro atoms. The molecule has 0 aromatic heterocycles. The maximum atomic E-state index is 14.7. The summed E-state index contributed by atoms with van der Waals surface area (Å²) in [7, 11) is 0. The SMILES string of the molecule is Cc1cc(F)c(N2CCC(Oc3ccccc3)CC2)cc1N1CCCC1. The van der Waals surface area contributed by atoms with E-state index in [1.54, 1.807) is 6.07 Å². The molecule has 0 atom stereocenters. The average Bonchev–Trinajstić information content (AvgIpc) is 3.18. The van der Waals surface area contributed by atoms with Gasteiger partial charge in [-0.05, 0) is 49.6 Å². The Morgan fingerprint density at radius 3 is 2.23 bits per heavy atom. The van der Waals surface area contributed by atoms with Crippen LogP contribution in [0.5, 0.6) is 5.75 Å². The molecule has 0 amide bonds. The second-order valence-electron chi connectivity index (χ2n) is 7.40. The van der Waals surface area contributed by atoms with Crippen LogP contribution in [-0.2, 0) is 0 Å². The minimum absolute atomic E-state index is 0.104. The van der Waals surface area contributed by atoms with Crippen LogP contribution in [0.1, 0.15) is 31.2 Å². The van der Waals surface area contributed by atoms with Crippen molar-refractivity contribution < 1.29 is 9.13 Å². The topological polar surface area (TPSA) is 15.7 Å². The van der Waals surface area contributed by atoms with E-state index in [-0.39, 0.29) is 11.9 Å². The predicted octanol–water partition coefficient (Wildman–Crippen LogP) is 4.78. The number of hydrogen-bond donors (Lipinski definition) is 0. The van der Waals surface area contributed by atoms with Gasteiger partial charge in [0.2, 0.25) is 0 Å². The summed E-state index contributed by atoms with van der Waals surface area (Å²) in [5.41, 5.74) is 2.98. The summed E-state index contributed by atoms with van der Waals surface area (Å²) < 4.78 is 20.7. The monoisotopic (exact) mass is 354 g/mol. The van der Waals surface area contributed by atoms with E-state index in [0.29, 0.717) is 0 Å². The summed E-state index contributed by atoms with van der Waals surface area (Å²) in [4.78, 5) is 4.57. The van der Waals surface area contributed by atoms with E-state index < -0.39 is 0 Å². The van der Waals surface area contributed by atoms with Crippen molar-refractivity contribution in [2.24, 2.45) is 0 Å². The fourth-order valence-corrected chi connectivity index (χ4v) is 4.10. The number of nitrogens with zero attached hydrogens (tertiary/aromatic N) is 2. The minimum atomic E-state index is -0.104. The largest absolute Gasteiger partial charge is 0.490 e. The number of aryl methyl sites for hydroxylation is 1. The predicted molar refractivity (Wildman–Crippen MR) is 105 cm³/mol. The van der Waals surface area contributed by atoms with Gasteiger partial charge in [-0.15, -0.1) is 0 Å². The van der Waals surface area contributed by atoms with Crippen molar-refractivity contribution >= 4 is 11.4 Å². The summed E-state index contributed by atoms with van der Waals surface area (Å²) in [6.45, 7) is 5.84. The third-order valence-electron chi connectivity index (χ3n) is 5.54. The van der Waals surface area contributed by atoms with Crippen LogP contribution < -0.4 is 14.5 Å². The molecule has 2 saturated heterocycles. The van der Waals surface area contributed by atoms with Gasteiger partial charge in [-0.3, -0.25) is 0 Å². The lowest BCUT2D eigenvalue weighted by Crippen LogP contribution is -2.38. The molecule has 26 heavy (non-hydrogen) atoms. The number of benzene rings is 2. The first-order valence-corrected chi connectivity index (χ1v) is 9.72. The quantitative estimate of drug-likeness (QED) is 0.786. The number of halogens is 1. The van der Waals surface area contributed by atoms with E-state index in [0.717, 1.165) is 56.0 Å². The molecular weight excluding hydrogens is 327 g/mol. The maximum absolute atomic E-state index is 14.7. The molecule has 0 aliphatic carbocycles. The lowest BCUT2D eigenvalue weighted by atomic mass is 10.0. The van der Waals surface area contributed by atoms with Crippen LogP contribution >= 0.6 is 0 Å². The summed E-state index contributed by atoms with van der Waals surface area (Å²) in [5.74, 6) is 0.816. The van der Waals surface area contributed by atoms with Gasteiger partial charge in [-0.25, -0.2) is 4.39 Å². The zero-order valence-corrected chi connectivity index (χ0v) is 15.5. The van der Waals surface area contributed by atoms with Crippen molar-refractivity contribution in [2.45, 2.75) is 38.7 Å². The number of piperidine rings is 1. The number of para-hydroxylation sites is 1. The molecular formula is C22H27FN2O. The van der Waals surface area contributed by atoms with E-state index >= 15 is 0 Å². The van der Waals surface area contributed by atoms with Gasteiger partial charge in [0, 0.05) is 44.7 Å². The zero-order chi connectivity index (χ0) is 17.9. The highest BCUT2D eigenvalue weighted by Gasteiger charge is 2.24. The highest BCUT2D eigenvalue weighted by Crippen LogP contribution is 2.33. The van der Waals surface area contributed by atoms with Gasteiger partial charge >= 0.3 is 0 Å². The van der Waals surface area contributed by atoms with Crippen LogP contribution in [0.4, 0.5) is 15.8 Å². The van der Waals surface area contributed by atoms with Gasteiger partial charge in [0.05, 0.1) is 5.69 Å². The van der Waals surface area contributed by atoms with Crippen LogP contribution in [0.2, 0.25) is 0 Å². The van der Waals surface area contributed by atoms with Crippen LogP contribution in [0.25, 0.3) is 0 Å². The lowest BCUT2D eigenvalue weighted by Gasteiger charge is -2.34.